The standard InChI is InChI=1S/C28H59NO7/c1-3-4-5-6-7-8-9-10-11-12-13-15-30-17-19-32-21-23-34-25-27-36-28-26-35-24-22-33-20-18-31-16-14-29-2/h29H,3-28H2,1-2H3. The molecule has 0 radical (unpaired) electrons. The van der Waals surface area contributed by atoms with Crippen molar-refractivity contribution in [1.82, 2.24) is 5.32 Å². The summed E-state index contributed by atoms with van der Waals surface area (Å²) in [6, 6.07) is 0. The Bertz CT molecular complexity index is 344. The second-order valence-electron chi connectivity index (χ2n) is 8.93. The molecule has 0 aliphatic carbocycles. The highest BCUT2D eigenvalue weighted by atomic mass is 16.6. The minimum atomic E-state index is 0.559. The number of unbranched alkanes of at least 4 members (excludes halogenated alkanes) is 10. The van der Waals surface area contributed by atoms with Crippen LogP contribution in [0.3, 0.4) is 0 Å². The summed E-state index contributed by atoms with van der Waals surface area (Å²) in [7, 11) is 1.90. The van der Waals surface area contributed by atoms with Crippen LogP contribution in [0.5, 0.6) is 0 Å². The third-order valence-electron chi connectivity index (χ3n) is 5.62. The molecule has 0 rings (SSSR count). The number of rotatable bonds is 33. The van der Waals surface area contributed by atoms with Gasteiger partial charge in [-0.15, -0.1) is 0 Å². The summed E-state index contributed by atoms with van der Waals surface area (Å²) in [5.41, 5.74) is 0. The minimum absolute atomic E-state index is 0.559. The molecular formula is C28H59NO7. The normalized spacial score (nSPS) is 11.5. The van der Waals surface area contributed by atoms with Crippen LogP contribution in [-0.2, 0) is 33.2 Å². The van der Waals surface area contributed by atoms with Crippen molar-refractivity contribution < 1.29 is 33.2 Å². The molecule has 0 heterocycles. The smallest absolute Gasteiger partial charge is 0.0701 e. The summed E-state index contributed by atoms with van der Waals surface area (Å²) in [6.45, 7) is 11.7. The molecule has 0 atom stereocenters. The molecular weight excluding hydrogens is 462 g/mol. The van der Waals surface area contributed by atoms with E-state index < -0.39 is 0 Å². The van der Waals surface area contributed by atoms with Crippen LogP contribution in [0.2, 0.25) is 0 Å². The molecule has 0 bridgehead atoms. The Morgan fingerprint density at radius 1 is 0.333 bits per heavy atom. The topological polar surface area (TPSA) is 76.6 Å². The van der Waals surface area contributed by atoms with Crippen molar-refractivity contribution in [3.63, 3.8) is 0 Å². The van der Waals surface area contributed by atoms with E-state index in [-0.39, 0.29) is 0 Å². The van der Waals surface area contributed by atoms with E-state index in [1.54, 1.807) is 0 Å². The molecule has 0 aromatic heterocycles. The molecule has 218 valence electrons. The van der Waals surface area contributed by atoms with Crippen LogP contribution in [0.15, 0.2) is 0 Å². The number of ether oxygens (including phenoxy) is 7. The Morgan fingerprint density at radius 3 is 0.944 bits per heavy atom. The van der Waals surface area contributed by atoms with E-state index in [2.05, 4.69) is 12.2 Å². The number of hydrogen-bond acceptors (Lipinski definition) is 8. The van der Waals surface area contributed by atoms with Gasteiger partial charge >= 0.3 is 0 Å². The first-order valence-electron chi connectivity index (χ1n) is 14.6. The van der Waals surface area contributed by atoms with Crippen LogP contribution in [0.4, 0.5) is 0 Å². The Hall–Kier alpha value is -0.320. The largest absolute Gasteiger partial charge is 0.379 e. The third-order valence-corrected chi connectivity index (χ3v) is 5.62. The van der Waals surface area contributed by atoms with Gasteiger partial charge in [0, 0.05) is 13.2 Å². The molecule has 36 heavy (non-hydrogen) atoms. The number of hydrogen-bond donors (Lipinski definition) is 1. The van der Waals surface area contributed by atoms with Crippen molar-refractivity contribution in [2.75, 3.05) is 106 Å². The summed E-state index contributed by atoms with van der Waals surface area (Å²) in [4.78, 5) is 0. The van der Waals surface area contributed by atoms with Crippen molar-refractivity contribution in [3.8, 4) is 0 Å². The Labute approximate surface area is 222 Å². The van der Waals surface area contributed by atoms with E-state index in [0.717, 1.165) is 19.6 Å². The Balaban J connectivity index is 3.00. The first-order valence-corrected chi connectivity index (χ1v) is 14.6. The molecule has 8 nitrogen and oxygen atoms in total. The van der Waals surface area contributed by atoms with Crippen LogP contribution >= 0.6 is 0 Å². The van der Waals surface area contributed by atoms with Gasteiger partial charge in [-0.25, -0.2) is 0 Å². The molecule has 0 aromatic carbocycles. The van der Waals surface area contributed by atoms with Gasteiger partial charge in [0.2, 0.25) is 0 Å². The minimum Gasteiger partial charge on any atom is -0.379 e. The SMILES string of the molecule is CCCCCCCCCCCCCOCCOCCOCCOCCOCCOCCOCCNC. The molecule has 0 aliphatic heterocycles. The Morgan fingerprint density at radius 2 is 0.611 bits per heavy atom. The van der Waals surface area contributed by atoms with Crippen molar-refractivity contribution in [2.24, 2.45) is 0 Å². The zero-order chi connectivity index (χ0) is 26.0. The average Bonchev–Trinajstić information content (AvgIpc) is 2.89. The van der Waals surface area contributed by atoms with Gasteiger partial charge in [-0.2, -0.15) is 0 Å². The van der Waals surface area contributed by atoms with Crippen molar-refractivity contribution >= 4 is 0 Å². The maximum atomic E-state index is 5.64. The highest BCUT2D eigenvalue weighted by Crippen LogP contribution is 2.11. The molecule has 8 heteroatoms. The first-order chi connectivity index (χ1) is 17.9. The lowest BCUT2D eigenvalue weighted by Gasteiger charge is -2.08. The van der Waals surface area contributed by atoms with E-state index in [1.165, 1.54) is 64.2 Å². The molecule has 0 aromatic rings. The monoisotopic (exact) mass is 521 g/mol. The van der Waals surface area contributed by atoms with E-state index in [9.17, 15) is 0 Å². The predicted molar refractivity (Wildman–Crippen MR) is 146 cm³/mol. The fraction of sp³-hybridized carbons (Fsp3) is 1.00. The molecule has 0 saturated carbocycles. The van der Waals surface area contributed by atoms with Gasteiger partial charge in [0.25, 0.3) is 0 Å². The van der Waals surface area contributed by atoms with Gasteiger partial charge in [0.15, 0.2) is 0 Å². The molecule has 0 unspecified atom stereocenters. The molecule has 0 amide bonds. The van der Waals surface area contributed by atoms with Crippen LogP contribution in [-0.4, -0.2) is 106 Å². The van der Waals surface area contributed by atoms with Gasteiger partial charge < -0.3 is 38.5 Å². The Kier molecular flexibility index (Phi) is 34.4. The summed E-state index contributed by atoms with van der Waals surface area (Å²) in [5, 5.41) is 3.03. The first kappa shape index (κ1) is 35.7. The maximum Gasteiger partial charge on any atom is 0.0701 e. The van der Waals surface area contributed by atoms with Gasteiger partial charge in [0.05, 0.1) is 85.9 Å². The molecule has 0 spiro atoms. The summed E-state index contributed by atoms with van der Waals surface area (Å²) < 4.78 is 38.4. The fourth-order valence-corrected chi connectivity index (χ4v) is 3.46. The van der Waals surface area contributed by atoms with Crippen LogP contribution in [0.25, 0.3) is 0 Å². The molecule has 0 aliphatic rings. The zero-order valence-electron chi connectivity index (χ0n) is 23.7. The van der Waals surface area contributed by atoms with E-state index in [0.29, 0.717) is 85.9 Å². The van der Waals surface area contributed by atoms with Crippen molar-refractivity contribution in [2.45, 2.75) is 77.6 Å². The maximum absolute atomic E-state index is 5.64. The highest BCUT2D eigenvalue weighted by molar-refractivity contribution is 4.48. The average molecular weight is 522 g/mol. The van der Waals surface area contributed by atoms with Gasteiger partial charge in [0.1, 0.15) is 0 Å². The second kappa shape index (κ2) is 34.7. The van der Waals surface area contributed by atoms with E-state index >= 15 is 0 Å². The number of likely N-dealkylation sites (N-methyl/N-ethyl adjacent to an activating group) is 1. The quantitative estimate of drug-likeness (QED) is 0.125. The van der Waals surface area contributed by atoms with Crippen LogP contribution < -0.4 is 5.32 Å². The summed E-state index contributed by atoms with van der Waals surface area (Å²) >= 11 is 0. The van der Waals surface area contributed by atoms with Gasteiger partial charge in [-0.3, -0.25) is 0 Å². The van der Waals surface area contributed by atoms with E-state index in [4.69, 9.17) is 33.2 Å². The summed E-state index contributed by atoms with van der Waals surface area (Å²) in [6.07, 6.45) is 15.0. The van der Waals surface area contributed by atoms with Crippen molar-refractivity contribution in [3.05, 3.63) is 0 Å². The summed E-state index contributed by atoms with van der Waals surface area (Å²) in [5.74, 6) is 0. The fourth-order valence-electron chi connectivity index (χ4n) is 3.46. The van der Waals surface area contributed by atoms with Crippen LogP contribution in [0.1, 0.15) is 77.6 Å². The lowest BCUT2D eigenvalue weighted by atomic mass is 10.1. The molecule has 0 fully saturated rings. The zero-order valence-corrected chi connectivity index (χ0v) is 23.7. The molecule has 0 saturated heterocycles. The second-order valence-corrected chi connectivity index (χ2v) is 8.93. The van der Waals surface area contributed by atoms with Gasteiger partial charge in [-0.1, -0.05) is 71.1 Å². The highest BCUT2D eigenvalue weighted by Gasteiger charge is 1.96. The van der Waals surface area contributed by atoms with Crippen molar-refractivity contribution in [1.29, 1.82) is 0 Å². The molecule has 1 N–H and O–H groups in total. The predicted octanol–water partition coefficient (Wildman–Crippen LogP) is 4.63. The lowest BCUT2D eigenvalue weighted by Crippen LogP contribution is -2.17. The van der Waals surface area contributed by atoms with Gasteiger partial charge in [-0.05, 0) is 13.5 Å². The number of nitrogens with one attached hydrogen (secondary N) is 1. The van der Waals surface area contributed by atoms with E-state index in [1.807, 2.05) is 7.05 Å². The lowest BCUT2D eigenvalue weighted by molar-refractivity contribution is -0.0204. The third kappa shape index (κ3) is 33.7. The van der Waals surface area contributed by atoms with Crippen LogP contribution in [0, 0.1) is 0 Å².